The van der Waals surface area contributed by atoms with Gasteiger partial charge >= 0.3 is 0 Å². The highest BCUT2D eigenvalue weighted by Crippen LogP contribution is 2.51. The summed E-state index contributed by atoms with van der Waals surface area (Å²) in [6.45, 7) is 34.0. The predicted molar refractivity (Wildman–Crippen MR) is 260 cm³/mol. The van der Waals surface area contributed by atoms with Crippen molar-refractivity contribution >= 4 is 0 Å². The van der Waals surface area contributed by atoms with Gasteiger partial charge in [-0.05, 0) is 58.2 Å². The van der Waals surface area contributed by atoms with E-state index in [0.29, 0.717) is 32.5 Å². The largest absolute Gasteiger partial charge is 0.0599 e. The molecule has 0 heteroatoms. The second kappa shape index (κ2) is 30.9. The Bertz CT molecular complexity index is 693. The van der Waals surface area contributed by atoms with Crippen LogP contribution in [-0.4, -0.2) is 0 Å². The van der Waals surface area contributed by atoms with E-state index in [9.17, 15) is 0 Å². The summed E-state index contributed by atoms with van der Waals surface area (Å²) >= 11 is 0. The summed E-state index contributed by atoms with van der Waals surface area (Å²) in [7, 11) is 0. The Morgan fingerprint density at radius 3 is 0.536 bits per heavy atom. The van der Waals surface area contributed by atoms with Crippen molar-refractivity contribution in [3.63, 3.8) is 0 Å². The van der Waals surface area contributed by atoms with Crippen molar-refractivity contribution in [3.05, 3.63) is 0 Å². The van der Waals surface area contributed by atoms with E-state index in [0.717, 1.165) is 0 Å². The maximum atomic E-state index is 2.48. The van der Waals surface area contributed by atoms with Crippen molar-refractivity contribution in [2.45, 2.75) is 328 Å². The highest BCUT2D eigenvalue weighted by Gasteiger charge is 2.41. The first kappa shape index (κ1) is 56.0. The first-order valence-corrected chi connectivity index (χ1v) is 26.1. The zero-order valence-electron chi connectivity index (χ0n) is 42.5. The third kappa shape index (κ3) is 31.9. The molecule has 0 unspecified atom stereocenters. The third-order valence-electron chi connectivity index (χ3n) is 15.4. The number of hydrogen-bond donors (Lipinski definition) is 0. The molecule has 0 spiro atoms. The van der Waals surface area contributed by atoms with E-state index in [-0.39, 0.29) is 0 Å². The normalized spacial score (nSPS) is 20.5. The summed E-state index contributed by atoms with van der Waals surface area (Å²) in [4.78, 5) is 0. The van der Waals surface area contributed by atoms with Gasteiger partial charge in [-0.1, -0.05) is 302 Å². The minimum Gasteiger partial charge on any atom is -0.0599 e. The molecule has 2 aliphatic carbocycles. The summed E-state index contributed by atoms with van der Waals surface area (Å²) in [6, 6.07) is 0. The minimum atomic E-state index is 0.350. The summed E-state index contributed by atoms with van der Waals surface area (Å²) in [5, 5.41) is 0. The molecule has 2 aliphatic rings. The van der Waals surface area contributed by atoms with Crippen LogP contribution in [0.2, 0.25) is 0 Å². The molecule has 0 atom stereocenters. The Kier molecular flexibility index (Phi) is 30.9. The molecule has 0 nitrogen and oxygen atoms in total. The smallest absolute Gasteiger partial charge is 0.0300 e. The third-order valence-corrected chi connectivity index (χ3v) is 15.4. The average molecular weight is 788 g/mol. The van der Waals surface area contributed by atoms with Gasteiger partial charge in [-0.3, -0.25) is 0 Å². The molecule has 0 aromatic heterocycles. The standard InChI is InChI=1S/C24H50.2C16H32/c1-19(2,3)23(11,12)16-15-21(7,8)17-22(9,10)18-24(13,14)20(4,5)6;2*1-2-4-6-8-10-12-14-16-15-13-11-9-7-5-3-1/h15-18H2,1-14H3;2*1-16H2. The van der Waals surface area contributed by atoms with Gasteiger partial charge in [0.15, 0.2) is 0 Å². The molecule has 0 aromatic rings. The van der Waals surface area contributed by atoms with E-state index in [4.69, 9.17) is 0 Å². The fourth-order valence-electron chi connectivity index (χ4n) is 9.59. The second-order valence-corrected chi connectivity index (χ2v) is 24.8. The molecule has 0 bridgehead atoms. The predicted octanol–water partition coefficient (Wildman–Crippen LogP) is 21.2. The highest BCUT2D eigenvalue weighted by molar-refractivity contribution is 4.91. The summed E-state index contributed by atoms with van der Waals surface area (Å²) in [5.74, 6) is 0. The molecular formula is C56H114. The van der Waals surface area contributed by atoms with Gasteiger partial charge in [-0.25, -0.2) is 0 Å². The van der Waals surface area contributed by atoms with Gasteiger partial charge < -0.3 is 0 Å². The Labute approximate surface area is 359 Å². The molecule has 0 radical (unpaired) electrons. The van der Waals surface area contributed by atoms with Gasteiger partial charge in [-0.2, -0.15) is 0 Å². The van der Waals surface area contributed by atoms with Crippen LogP contribution >= 0.6 is 0 Å². The number of rotatable bonds is 7. The topological polar surface area (TPSA) is 0 Å². The molecule has 0 amide bonds. The van der Waals surface area contributed by atoms with Crippen molar-refractivity contribution in [1.82, 2.24) is 0 Å². The SMILES string of the molecule is C1CCCCCCCCCCCCCCC1.C1CCCCCCCCCCCCCCC1.CC(C)(CCC(C)(C)C(C)(C)C)CC(C)(C)CC(C)(C)C(C)(C)C. The van der Waals surface area contributed by atoms with Crippen LogP contribution in [0.25, 0.3) is 0 Å². The van der Waals surface area contributed by atoms with E-state index < -0.39 is 0 Å². The Balaban J connectivity index is 0.000000835. The fraction of sp³-hybridized carbons (Fsp3) is 1.00. The quantitative estimate of drug-likeness (QED) is 0.241. The highest BCUT2D eigenvalue weighted by atomic mass is 14.5. The maximum absolute atomic E-state index is 2.48. The first-order valence-electron chi connectivity index (χ1n) is 26.1. The van der Waals surface area contributed by atoms with Crippen LogP contribution in [0.3, 0.4) is 0 Å². The lowest BCUT2D eigenvalue weighted by molar-refractivity contribution is 0.0353. The van der Waals surface area contributed by atoms with Crippen molar-refractivity contribution in [2.75, 3.05) is 0 Å². The van der Waals surface area contributed by atoms with Crippen molar-refractivity contribution in [1.29, 1.82) is 0 Å². The summed E-state index contributed by atoms with van der Waals surface area (Å²) in [5.41, 5.74) is 2.25. The van der Waals surface area contributed by atoms with Crippen molar-refractivity contribution in [3.8, 4) is 0 Å². The number of hydrogen-bond acceptors (Lipinski definition) is 0. The first-order chi connectivity index (χ1) is 26.1. The van der Waals surface area contributed by atoms with Gasteiger partial charge in [0.1, 0.15) is 0 Å². The molecule has 0 aromatic carbocycles. The monoisotopic (exact) mass is 787 g/mol. The second-order valence-electron chi connectivity index (χ2n) is 24.8. The van der Waals surface area contributed by atoms with Gasteiger partial charge in [0.05, 0.1) is 0 Å². The van der Waals surface area contributed by atoms with Crippen LogP contribution in [0.1, 0.15) is 328 Å². The molecule has 0 N–H and O–H groups in total. The van der Waals surface area contributed by atoms with Gasteiger partial charge in [-0.15, -0.1) is 0 Å². The molecule has 2 saturated carbocycles. The Morgan fingerprint density at radius 2 is 0.375 bits per heavy atom. The van der Waals surface area contributed by atoms with Gasteiger partial charge in [0.2, 0.25) is 0 Å². The Morgan fingerprint density at radius 1 is 0.196 bits per heavy atom. The molecule has 338 valence electrons. The average Bonchev–Trinajstić information content (AvgIpc) is 3.06. The van der Waals surface area contributed by atoms with Crippen LogP contribution in [0.4, 0.5) is 0 Å². The van der Waals surface area contributed by atoms with Crippen LogP contribution in [0.5, 0.6) is 0 Å². The molecular weight excluding hydrogens is 673 g/mol. The summed E-state index contributed by atoms with van der Waals surface area (Å²) in [6.07, 6.45) is 53.2. The van der Waals surface area contributed by atoms with E-state index in [1.807, 2.05) is 0 Å². The van der Waals surface area contributed by atoms with E-state index in [1.54, 1.807) is 0 Å². The zero-order chi connectivity index (χ0) is 42.5. The van der Waals surface area contributed by atoms with Gasteiger partial charge in [0.25, 0.3) is 0 Å². The van der Waals surface area contributed by atoms with Crippen molar-refractivity contribution < 1.29 is 0 Å². The summed E-state index contributed by atoms with van der Waals surface area (Å²) < 4.78 is 0. The zero-order valence-corrected chi connectivity index (χ0v) is 42.5. The van der Waals surface area contributed by atoms with Crippen molar-refractivity contribution in [2.24, 2.45) is 32.5 Å². The maximum Gasteiger partial charge on any atom is -0.0300 e. The molecule has 0 heterocycles. The van der Waals surface area contributed by atoms with E-state index in [2.05, 4.69) is 96.9 Å². The molecule has 0 aliphatic heterocycles. The van der Waals surface area contributed by atoms with Crippen LogP contribution < -0.4 is 0 Å². The van der Waals surface area contributed by atoms with Crippen LogP contribution in [-0.2, 0) is 0 Å². The van der Waals surface area contributed by atoms with Crippen LogP contribution in [0.15, 0.2) is 0 Å². The lowest BCUT2D eigenvalue weighted by atomic mass is 9.58. The van der Waals surface area contributed by atoms with Crippen LogP contribution in [0, 0.1) is 32.5 Å². The lowest BCUT2D eigenvalue weighted by Crippen LogP contribution is -2.37. The fourth-order valence-corrected chi connectivity index (χ4v) is 9.59. The molecule has 2 rings (SSSR count). The molecule has 0 saturated heterocycles. The van der Waals surface area contributed by atoms with E-state index in [1.165, 1.54) is 231 Å². The molecule has 56 heavy (non-hydrogen) atoms. The molecule has 2 fully saturated rings. The van der Waals surface area contributed by atoms with Gasteiger partial charge in [0, 0.05) is 0 Å². The Hall–Kier alpha value is 0. The van der Waals surface area contributed by atoms with E-state index >= 15 is 0 Å². The lowest BCUT2D eigenvalue weighted by Gasteiger charge is -2.47. The minimum absolute atomic E-state index is 0.350.